The molecule has 7 heteroatoms. The molecule has 5 rings (SSSR count). The van der Waals surface area contributed by atoms with E-state index in [9.17, 15) is 4.79 Å². The maximum Gasteiger partial charge on any atom is 0.251 e. The van der Waals surface area contributed by atoms with Gasteiger partial charge in [0.2, 0.25) is 0 Å². The van der Waals surface area contributed by atoms with Crippen LogP contribution < -0.4 is 5.32 Å². The van der Waals surface area contributed by atoms with Crippen molar-refractivity contribution in [2.75, 3.05) is 26.7 Å². The van der Waals surface area contributed by atoms with Gasteiger partial charge in [0.25, 0.3) is 5.91 Å². The van der Waals surface area contributed by atoms with Crippen molar-refractivity contribution in [3.8, 4) is 11.3 Å². The first-order valence-electron chi connectivity index (χ1n) is 11.7. The Morgan fingerprint density at radius 3 is 2.68 bits per heavy atom. The first-order valence-corrected chi connectivity index (χ1v) is 11.7. The summed E-state index contributed by atoms with van der Waals surface area (Å²) in [4.78, 5) is 29.1. The highest BCUT2D eigenvalue weighted by Crippen LogP contribution is 2.31. The van der Waals surface area contributed by atoms with Crippen molar-refractivity contribution in [3.05, 3.63) is 84.6 Å². The monoisotopic (exact) mass is 452 g/mol. The number of imidazole rings is 1. The van der Waals surface area contributed by atoms with Crippen LogP contribution in [-0.4, -0.2) is 57.0 Å². The Morgan fingerprint density at radius 2 is 1.91 bits per heavy atom. The van der Waals surface area contributed by atoms with Crippen molar-refractivity contribution < 1.29 is 4.79 Å². The summed E-state index contributed by atoms with van der Waals surface area (Å²) < 4.78 is 2.00. The molecule has 0 unspecified atom stereocenters. The van der Waals surface area contributed by atoms with Crippen LogP contribution in [-0.2, 0) is 6.54 Å². The van der Waals surface area contributed by atoms with Crippen molar-refractivity contribution in [2.45, 2.75) is 19.4 Å². The second-order valence-corrected chi connectivity index (χ2v) is 8.64. The van der Waals surface area contributed by atoms with Crippen LogP contribution in [0.3, 0.4) is 0 Å². The van der Waals surface area contributed by atoms with Crippen LogP contribution in [0.2, 0.25) is 0 Å². The predicted octanol–water partition coefficient (Wildman–Crippen LogP) is 4.03. The van der Waals surface area contributed by atoms with Crippen LogP contribution in [0.5, 0.6) is 0 Å². The Hall–Kier alpha value is -3.84. The van der Waals surface area contributed by atoms with Gasteiger partial charge in [-0.05, 0) is 43.7 Å². The van der Waals surface area contributed by atoms with Crippen LogP contribution in [0.15, 0.2) is 73.3 Å². The average Bonchev–Trinajstić information content (AvgIpc) is 3.40. The smallest absolute Gasteiger partial charge is 0.251 e. The summed E-state index contributed by atoms with van der Waals surface area (Å²) in [5.41, 5.74) is 6.17. The van der Waals surface area contributed by atoms with Crippen molar-refractivity contribution in [1.82, 2.24) is 29.7 Å². The number of nitrogens with one attached hydrogen (secondary N) is 1. The predicted molar refractivity (Wildman–Crippen MR) is 134 cm³/mol. The molecule has 7 nitrogen and oxygen atoms in total. The topological polar surface area (TPSA) is 75.9 Å². The maximum absolute atomic E-state index is 12.8. The van der Waals surface area contributed by atoms with Crippen molar-refractivity contribution in [3.63, 3.8) is 0 Å². The molecule has 0 radical (unpaired) electrons. The summed E-state index contributed by atoms with van der Waals surface area (Å²) in [7, 11) is 2.13. The summed E-state index contributed by atoms with van der Waals surface area (Å²) >= 11 is 0. The van der Waals surface area contributed by atoms with Gasteiger partial charge in [0.1, 0.15) is 0 Å². The quantitative estimate of drug-likeness (QED) is 0.429. The number of benzene rings is 2. The molecule has 0 saturated heterocycles. The zero-order valence-electron chi connectivity index (χ0n) is 19.3. The van der Waals surface area contributed by atoms with Crippen LogP contribution >= 0.6 is 0 Å². The number of hydrogen-bond acceptors (Lipinski definition) is 5. The second kappa shape index (κ2) is 9.97. The fourth-order valence-corrected chi connectivity index (χ4v) is 4.19. The van der Waals surface area contributed by atoms with E-state index in [2.05, 4.69) is 40.5 Å². The number of carbonyl (C=O) groups is 1. The zero-order valence-corrected chi connectivity index (χ0v) is 19.3. The number of amides is 1. The molecule has 172 valence electrons. The van der Waals surface area contributed by atoms with E-state index in [1.165, 1.54) is 5.57 Å². The highest BCUT2D eigenvalue weighted by atomic mass is 16.1. The fourth-order valence-electron chi connectivity index (χ4n) is 4.19. The summed E-state index contributed by atoms with van der Waals surface area (Å²) in [6.45, 7) is 3.32. The number of nitrogens with zero attached hydrogens (tertiary/aromatic N) is 5. The summed E-state index contributed by atoms with van der Waals surface area (Å²) in [6, 6.07) is 15.7. The summed E-state index contributed by atoms with van der Waals surface area (Å²) in [6.07, 6.45) is 9.48. The van der Waals surface area contributed by atoms with Gasteiger partial charge in [-0.15, -0.1) is 0 Å². The lowest BCUT2D eigenvalue weighted by Gasteiger charge is -2.23. The SMILES string of the molecule is CN1CC=C(c2nc3ccc(C(=O)NCCCn4ccnc4)cc3nc2-c2ccccc2)CC1. The first-order chi connectivity index (χ1) is 16.7. The minimum atomic E-state index is -0.0994. The highest BCUT2D eigenvalue weighted by Gasteiger charge is 2.18. The van der Waals surface area contributed by atoms with E-state index in [1.807, 2.05) is 47.2 Å². The lowest BCUT2D eigenvalue weighted by molar-refractivity contribution is 0.0953. The number of carbonyl (C=O) groups excluding carboxylic acids is 1. The van der Waals surface area contributed by atoms with Crippen LogP contribution in [0.1, 0.15) is 28.9 Å². The standard InChI is InChI=1S/C27H28N6O/c1-32-15-10-21(11-16-32)26-25(20-6-3-2-4-7-20)31-24-18-22(8-9-23(24)30-26)27(34)29-12-5-14-33-17-13-28-19-33/h2-4,6-10,13,17-19H,5,11-12,14-16H2,1H3,(H,29,34). The van der Waals surface area contributed by atoms with Gasteiger partial charge in [-0.3, -0.25) is 4.79 Å². The third-order valence-corrected chi connectivity index (χ3v) is 6.13. The van der Waals surface area contributed by atoms with Gasteiger partial charge in [-0.2, -0.15) is 0 Å². The normalized spacial score (nSPS) is 14.2. The molecular formula is C27H28N6O. The molecule has 4 aromatic rings. The maximum atomic E-state index is 12.8. The van der Waals surface area contributed by atoms with Crippen molar-refractivity contribution in [2.24, 2.45) is 0 Å². The molecule has 1 aliphatic rings. The molecule has 0 aliphatic carbocycles. The molecule has 1 aliphatic heterocycles. The van der Waals surface area contributed by atoms with Gasteiger partial charge in [0.15, 0.2) is 0 Å². The van der Waals surface area contributed by atoms with E-state index in [1.54, 1.807) is 12.5 Å². The zero-order chi connectivity index (χ0) is 23.3. The molecular weight excluding hydrogens is 424 g/mol. The molecule has 2 aromatic carbocycles. The number of rotatable bonds is 7. The molecule has 3 heterocycles. The van der Waals surface area contributed by atoms with Gasteiger partial charge in [-0.1, -0.05) is 36.4 Å². The number of likely N-dealkylation sites (N-methyl/N-ethyl adjacent to an activating group) is 1. The highest BCUT2D eigenvalue weighted by molar-refractivity contribution is 5.97. The van der Waals surface area contributed by atoms with E-state index in [0.29, 0.717) is 12.1 Å². The Kier molecular flexibility index (Phi) is 6.44. The van der Waals surface area contributed by atoms with Gasteiger partial charge in [-0.25, -0.2) is 15.0 Å². The molecule has 0 saturated carbocycles. The van der Waals surface area contributed by atoms with E-state index >= 15 is 0 Å². The molecule has 0 atom stereocenters. The Bertz CT molecular complexity index is 1310. The largest absolute Gasteiger partial charge is 0.352 e. The van der Waals surface area contributed by atoms with Gasteiger partial charge < -0.3 is 14.8 Å². The lowest BCUT2D eigenvalue weighted by atomic mass is 9.99. The molecule has 2 aromatic heterocycles. The van der Waals surface area contributed by atoms with Crippen LogP contribution in [0.25, 0.3) is 27.9 Å². The summed E-state index contributed by atoms with van der Waals surface area (Å²) in [5, 5.41) is 3.00. The summed E-state index contributed by atoms with van der Waals surface area (Å²) in [5.74, 6) is -0.0994. The van der Waals surface area contributed by atoms with Crippen molar-refractivity contribution in [1.29, 1.82) is 0 Å². The van der Waals surface area contributed by atoms with Gasteiger partial charge in [0, 0.05) is 49.7 Å². The third kappa shape index (κ3) is 4.89. The number of aromatic nitrogens is 4. The van der Waals surface area contributed by atoms with E-state index in [-0.39, 0.29) is 5.91 Å². The van der Waals surface area contributed by atoms with Gasteiger partial charge in [0.05, 0.1) is 28.7 Å². The second-order valence-electron chi connectivity index (χ2n) is 8.64. The number of hydrogen-bond donors (Lipinski definition) is 1. The van der Waals surface area contributed by atoms with E-state index < -0.39 is 0 Å². The fraction of sp³-hybridized carbons (Fsp3) is 0.259. The Labute approximate surface area is 199 Å². The minimum Gasteiger partial charge on any atom is -0.352 e. The Morgan fingerprint density at radius 1 is 1.06 bits per heavy atom. The minimum absolute atomic E-state index is 0.0994. The van der Waals surface area contributed by atoms with Gasteiger partial charge >= 0.3 is 0 Å². The van der Waals surface area contributed by atoms with Crippen LogP contribution in [0, 0.1) is 0 Å². The number of aryl methyl sites for hydroxylation is 1. The lowest BCUT2D eigenvalue weighted by Crippen LogP contribution is -2.25. The van der Waals surface area contributed by atoms with Crippen LogP contribution in [0.4, 0.5) is 0 Å². The molecule has 34 heavy (non-hydrogen) atoms. The van der Waals surface area contributed by atoms with E-state index in [4.69, 9.17) is 9.97 Å². The molecule has 1 amide bonds. The Balaban J connectivity index is 1.41. The third-order valence-electron chi connectivity index (χ3n) is 6.13. The molecule has 0 spiro atoms. The molecule has 0 fully saturated rings. The molecule has 1 N–H and O–H groups in total. The average molecular weight is 453 g/mol. The molecule has 0 bridgehead atoms. The number of fused-ring (bicyclic) bond motifs is 1. The first kappa shape index (κ1) is 22.0. The van der Waals surface area contributed by atoms with E-state index in [0.717, 1.165) is 60.5 Å². The van der Waals surface area contributed by atoms with Crippen molar-refractivity contribution >= 4 is 22.5 Å².